The normalized spacial score (nSPS) is 15.1. The molecule has 0 aliphatic heterocycles. The Kier molecular flexibility index (Phi) is 5.77. The fraction of sp³-hybridized carbons (Fsp3) is 0.750. The molecule has 0 spiro atoms. The predicted octanol–water partition coefficient (Wildman–Crippen LogP) is 3.78. The molecule has 1 heterocycles. The number of nitrogens with one attached hydrogen (secondary N) is 1. The maximum absolute atomic E-state index is 6.41. The van der Waals surface area contributed by atoms with E-state index in [-0.39, 0.29) is 5.38 Å². The van der Waals surface area contributed by atoms with Crippen molar-refractivity contribution in [1.82, 2.24) is 9.97 Å². The van der Waals surface area contributed by atoms with Crippen molar-refractivity contribution >= 4 is 11.6 Å². The second-order valence-electron chi connectivity index (χ2n) is 4.07. The molecule has 0 saturated heterocycles. The average molecular weight is 229 g/mol. The fourth-order valence-corrected chi connectivity index (χ4v) is 2.32. The van der Waals surface area contributed by atoms with E-state index in [9.17, 15) is 0 Å². The first-order valence-electron chi connectivity index (χ1n) is 5.90. The van der Waals surface area contributed by atoms with Gasteiger partial charge in [0.15, 0.2) is 0 Å². The van der Waals surface area contributed by atoms with Crippen molar-refractivity contribution in [3.63, 3.8) is 0 Å². The molecule has 0 saturated carbocycles. The third kappa shape index (κ3) is 4.25. The van der Waals surface area contributed by atoms with E-state index in [2.05, 4.69) is 23.8 Å². The number of nitrogens with zero attached hydrogens (tertiary/aromatic N) is 1. The van der Waals surface area contributed by atoms with E-state index in [1.165, 1.54) is 19.3 Å². The van der Waals surface area contributed by atoms with Gasteiger partial charge in [0.2, 0.25) is 0 Å². The van der Waals surface area contributed by atoms with E-state index in [4.69, 9.17) is 11.6 Å². The van der Waals surface area contributed by atoms with E-state index in [1.54, 1.807) is 6.20 Å². The second-order valence-corrected chi connectivity index (χ2v) is 4.63. The molecule has 1 aromatic rings. The zero-order valence-corrected chi connectivity index (χ0v) is 10.4. The molecule has 0 fully saturated rings. The minimum absolute atomic E-state index is 0.215. The Morgan fingerprint density at radius 3 is 2.80 bits per heavy atom. The van der Waals surface area contributed by atoms with Crippen LogP contribution in [0.4, 0.5) is 0 Å². The molecule has 15 heavy (non-hydrogen) atoms. The topological polar surface area (TPSA) is 28.7 Å². The number of rotatable bonds is 7. The lowest BCUT2D eigenvalue weighted by molar-refractivity contribution is 0.425. The zero-order chi connectivity index (χ0) is 11.1. The van der Waals surface area contributed by atoms with Crippen LogP contribution >= 0.6 is 11.6 Å². The number of hydrogen-bond acceptors (Lipinski definition) is 1. The number of H-pyrrole nitrogens is 1. The summed E-state index contributed by atoms with van der Waals surface area (Å²) < 4.78 is 0. The molecule has 0 aliphatic rings. The lowest BCUT2D eigenvalue weighted by Gasteiger charge is -2.19. The summed E-state index contributed by atoms with van der Waals surface area (Å²) in [5.74, 6) is 1.63. The lowest BCUT2D eigenvalue weighted by atomic mass is 9.94. The lowest BCUT2D eigenvalue weighted by Crippen LogP contribution is -2.17. The molecule has 2 unspecified atom stereocenters. The van der Waals surface area contributed by atoms with Gasteiger partial charge in [-0.3, -0.25) is 0 Å². The van der Waals surface area contributed by atoms with E-state index in [0.29, 0.717) is 5.92 Å². The number of unbranched alkanes of at least 4 members (excludes halogenated alkanes) is 1. The van der Waals surface area contributed by atoms with E-state index in [1.807, 2.05) is 6.20 Å². The Labute approximate surface area is 97.4 Å². The van der Waals surface area contributed by atoms with Gasteiger partial charge in [-0.2, -0.15) is 0 Å². The number of imidazole rings is 1. The summed E-state index contributed by atoms with van der Waals surface area (Å²) in [4.78, 5) is 7.32. The van der Waals surface area contributed by atoms with Gasteiger partial charge < -0.3 is 4.98 Å². The van der Waals surface area contributed by atoms with Gasteiger partial charge in [0.1, 0.15) is 5.82 Å². The molecule has 0 aliphatic carbocycles. The fourth-order valence-electron chi connectivity index (χ4n) is 1.87. The van der Waals surface area contributed by atoms with Gasteiger partial charge in [0, 0.05) is 24.2 Å². The van der Waals surface area contributed by atoms with Crippen molar-refractivity contribution in [1.29, 1.82) is 0 Å². The van der Waals surface area contributed by atoms with Crippen LogP contribution in [-0.2, 0) is 6.42 Å². The Morgan fingerprint density at radius 2 is 2.27 bits per heavy atom. The summed E-state index contributed by atoms with van der Waals surface area (Å²) in [6.45, 7) is 4.44. The van der Waals surface area contributed by atoms with Crippen molar-refractivity contribution in [3.05, 3.63) is 18.2 Å². The molecule has 0 amide bonds. The summed E-state index contributed by atoms with van der Waals surface area (Å²) in [5, 5.41) is 0.215. The number of halogens is 1. The standard InChI is InChI=1S/C12H21ClN2/c1-3-5-6-10(4-2)11(13)9-12-14-7-8-15-12/h7-8,10-11H,3-6,9H2,1-2H3,(H,14,15). The predicted molar refractivity (Wildman–Crippen MR) is 65.2 cm³/mol. The van der Waals surface area contributed by atoms with Crippen molar-refractivity contribution in [2.75, 3.05) is 0 Å². The van der Waals surface area contributed by atoms with Gasteiger partial charge in [0.05, 0.1) is 0 Å². The highest BCUT2D eigenvalue weighted by Gasteiger charge is 2.18. The highest BCUT2D eigenvalue weighted by molar-refractivity contribution is 6.20. The third-order valence-corrected chi connectivity index (χ3v) is 3.42. The Hall–Kier alpha value is -0.500. The summed E-state index contributed by atoms with van der Waals surface area (Å²) in [6, 6.07) is 0. The van der Waals surface area contributed by atoms with Gasteiger partial charge in [-0.15, -0.1) is 11.6 Å². The Morgan fingerprint density at radius 1 is 1.47 bits per heavy atom. The van der Waals surface area contributed by atoms with Gasteiger partial charge in [-0.1, -0.05) is 33.1 Å². The summed E-state index contributed by atoms with van der Waals surface area (Å²) in [7, 11) is 0. The first kappa shape index (κ1) is 12.6. The highest BCUT2D eigenvalue weighted by atomic mass is 35.5. The van der Waals surface area contributed by atoms with Gasteiger partial charge in [-0.05, 0) is 12.3 Å². The van der Waals surface area contributed by atoms with Crippen LogP contribution in [-0.4, -0.2) is 15.3 Å². The Bertz CT molecular complexity index is 246. The van der Waals surface area contributed by atoms with Crippen LogP contribution in [0.25, 0.3) is 0 Å². The highest BCUT2D eigenvalue weighted by Crippen LogP contribution is 2.23. The van der Waals surface area contributed by atoms with E-state index >= 15 is 0 Å². The van der Waals surface area contributed by atoms with Gasteiger partial charge in [0.25, 0.3) is 0 Å². The number of aromatic amines is 1. The van der Waals surface area contributed by atoms with Crippen LogP contribution in [0.15, 0.2) is 12.4 Å². The van der Waals surface area contributed by atoms with Crippen LogP contribution in [0.2, 0.25) is 0 Å². The molecule has 1 N–H and O–H groups in total. The maximum atomic E-state index is 6.41. The zero-order valence-electron chi connectivity index (χ0n) is 9.67. The monoisotopic (exact) mass is 228 g/mol. The number of aromatic nitrogens is 2. The van der Waals surface area contributed by atoms with Gasteiger partial charge in [-0.25, -0.2) is 4.98 Å². The van der Waals surface area contributed by atoms with Crippen LogP contribution < -0.4 is 0 Å². The minimum Gasteiger partial charge on any atom is -0.349 e. The number of hydrogen-bond donors (Lipinski definition) is 1. The van der Waals surface area contributed by atoms with Crippen LogP contribution in [0, 0.1) is 5.92 Å². The molecule has 1 aromatic heterocycles. The molecule has 0 aromatic carbocycles. The quantitative estimate of drug-likeness (QED) is 0.707. The van der Waals surface area contributed by atoms with E-state index in [0.717, 1.165) is 18.7 Å². The largest absolute Gasteiger partial charge is 0.349 e. The molecule has 2 atom stereocenters. The molecule has 0 bridgehead atoms. The molecule has 0 radical (unpaired) electrons. The third-order valence-electron chi connectivity index (χ3n) is 2.91. The van der Waals surface area contributed by atoms with E-state index < -0.39 is 0 Å². The first-order chi connectivity index (χ1) is 7.27. The first-order valence-corrected chi connectivity index (χ1v) is 6.33. The van der Waals surface area contributed by atoms with Crippen molar-refractivity contribution in [3.8, 4) is 0 Å². The molecule has 1 rings (SSSR count). The Balaban J connectivity index is 2.39. The molecular formula is C12H21ClN2. The summed E-state index contributed by atoms with van der Waals surface area (Å²) >= 11 is 6.41. The van der Waals surface area contributed by atoms with Crippen molar-refractivity contribution in [2.45, 2.75) is 51.3 Å². The van der Waals surface area contributed by atoms with Crippen LogP contribution in [0.3, 0.4) is 0 Å². The number of alkyl halides is 1. The molecule has 3 heteroatoms. The minimum atomic E-state index is 0.215. The average Bonchev–Trinajstić information content (AvgIpc) is 2.71. The molecule has 2 nitrogen and oxygen atoms in total. The molecular weight excluding hydrogens is 208 g/mol. The second kappa shape index (κ2) is 6.89. The SMILES string of the molecule is CCCCC(CC)C(Cl)Cc1ncc[nH]1. The summed E-state index contributed by atoms with van der Waals surface area (Å²) in [5.41, 5.74) is 0. The van der Waals surface area contributed by atoms with Gasteiger partial charge >= 0.3 is 0 Å². The maximum Gasteiger partial charge on any atom is 0.107 e. The van der Waals surface area contributed by atoms with Crippen molar-refractivity contribution < 1.29 is 0 Å². The van der Waals surface area contributed by atoms with Crippen LogP contribution in [0.5, 0.6) is 0 Å². The smallest absolute Gasteiger partial charge is 0.107 e. The molecule has 86 valence electrons. The van der Waals surface area contributed by atoms with Crippen LogP contribution in [0.1, 0.15) is 45.4 Å². The van der Waals surface area contributed by atoms with Crippen molar-refractivity contribution in [2.24, 2.45) is 5.92 Å². The summed E-state index contributed by atoms with van der Waals surface area (Å²) in [6.07, 6.45) is 9.42.